The molecule has 9 heteroatoms. The van der Waals surface area contributed by atoms with Gasteiger partial charge in [0.2, 0.25) is 5.75 Å². The van der Waals surface area contributed by atoms with Gasteiger partial charge >= 0.3 is 5.69 Å². The lowest BCUT2D eigenvalue weighted by Gasteiger charge is -2.26. The Kier molecular flexibility index (Phi) is 3.62. The molecular formula is C11H12N2O6S. The van der Waals surface area contributed by atoms with E-state index in [0.717, 1.165) is 6.07 Å². The molecule has 1 aromatic rings. The zero-order valence-electron chi connectivity index (χ0n) is 10.4. The lowest BCUT2D eigenvalue weighted by atomic mass is 10.1. The number of hydrogen-bond donors (Lipinski definition) is 1. The van der Waals surface area contributed by atoms with Crippen LogP contribution in [-0.2, 0) is 9.84 Å². The first-order valence-electron chi connectivity index (χ1n) is 5.78. The highest BCUT2D eigenvalue weighted by atomic mass is 32.2. The number of rotatable bonds is 2. The molecular weight excluding hydrogens is 288 g/mol. The molecule has 0 bridgehead atoms. The van der Waals surface area contributed by atoms with Crippen LogP contribution in [0.25, 0.3) is 0 Å². The fourth-order valence-electron chi connectivity index (χ4n) is 1.94. The van der Waals surface area contributed by atoms with E-state index in [1.807, 2.05) is 0 Å². The molecule has 1 saturated heterocycles. The summed E-state index contributed by atoms with van der Waals surface area (Å²) in [6.45, 7) is 0.0343. The molecule has 0 saturated carbocycles. The number of hydrogen-bond acceptors (Lipinski definition) is 6. The Balaban J connectivity index is 2.27. The van der Waals surface area contributed by atoms with Gasteiger partial charge in [-0.2, -0.15) is 0 Å². The number of sulfone groups is 1. The predicted molar refractivity (Wildman–Crippen MR) is 69.3 cm³/mol. The number of nitro benzene ring substituents is 1. The van der Waals surface area contributed by atoms with Crippen molar-refractivity contribution >= 4 is 21.4 Å². The summed E-state index contributed by atoms with van der Waals surface area (Å²) in [5, 5.41) is 20.5. The van der Waals surface area contributed by atoms with Crippen molar-refractivity contribution < 1.29 is 23.2 Å². The minimum Gasteiger partial charge on any atom is -0.502 e. The van der Waals surface area contributed by atoms with Gasteiger partial charge in [-0.15, -0.1) is 0 Å². The molecule has 20 heavy (non-hydrogen) atoms. The monoisotopic (exact) mass is 300 g/mol. The van der Waals surface area contributed by atoms with E-state index in [4.69, 9.17) is 0 Å². The zero-order valence-corrected chi connectivity index (χ0v) is 11.2. The third-order valence-corrected chi connectivity index (χ3v) is 4.68. The molecule has 1 heterocycles. The Hall–Kier alpha value is -2.16. The summed E-state index contributed by atoms with van der Waals surface area (Å²) in [4.78, 5) is 23.3. The van der Waals surface area contributed by atoms with Crippen LogP contribution in [0.5, 0.6) is 5.75 Å². The lowest BCUT2D eigenvalue weighted by Crippen LogP contribution is -2.43. The summed E-state index contributed by atoms with van der Waals surface area (Å²) < 4.78 is 22.6. The summed E-state index contributed by atoms with van der Waals surface area (Å²) in [6.07, 6.45) is 0. The SMILES string of the molecule is O=C(c1cccc([N+](=O)[O-])c1O)N1CCS(=O)(=O)CC1. The predicted octanol–water partition coefficient (Wildman–Crippen LogP) is 0.171. The summed E-state index contributed by atoms with van der Waals surface area (Å²) >= 11 is 0. The molecule has 0 spiro atoms. The van der Waals surface area contributed by atoms with Gasteiger partial charge in [0.1, 0.15) is 0 Å². The second-order valence-corrected chi connectivity index (χ2v) is 6.68. The van der Waals surface area contributed by atoms with Crippen LogP contribution in [-0.4, -0.2) is 53.8 Å². The highest BCUT2D eigenvalue weighted by Crippen LogP contribution is 2.30. The quantitative estimate of drug-likeness (QED) is 0.614. The van der Waals surface area contributed by atoms with Crippen molar-refractivity contribution in [3.05, 3.63) is 33.9 Å². The molecule has 1 aliphatic heterocycles. The molecule has 1 fully saturated rings. The number of carbonyl (C=O) groups is 1. The first-order valence-corrected chi connectivity index (χ1v) is 7.60. The van der Waals surface area contributed by atoms with Crippen molar-refractivity contribution in [2.45, 2.75) is 0 Å². The second kappa shape index (κ2) is 5.08. The van der Waals surface area contributed by atoms with E-state index >= 15 is 0 Å². The summed E-state index contributed by atoms with van der Waals surface area (Å²) in [5.74, 6) is -1.60. The normalized spacial score (nSPS) is 17.7. The highest BCUT2D eigenvalue weighted by molar-refractivity contribution is 7.91. The fourth-order valence-corrected chi connectivity index (χ4v) is 3.14. The van der Waals surface area contributed by atoms with Crippen LogP contribution >= 0.6 is 0 Å². The van der Waals surface area contributed by atoms with Crippen LogP contribution < -0.4 is 0 Å². The summed E-state index contributed by atoms with van der Waals surface area (Å²) in [5.41, 5.74) is -0.751. The topological polar surface area (TPSA) is 118 Å². The van der Waals surface area contributed by atoms with Gasteiger partial charge in [0.25, 0.3) is 5.91 Å². The van der Waals surface area contributed by atoms with Gasteiger partial charge in [-0.05, 0) is 6.07 Å². The van der Waals surface area contributed by atoms with Gasteiger partial charge in [0.15, 0.2) is 9.84 Å². The maximum Gasteiger partial charge on any atom is 0.311 e. The molecule has 108 valence electrons. The van der Waals surface area contributed by atoms with Crippen molar-refractivity contribution in [1.29, 1.82) is 0 Å². The Labute approximate surface area is 114 Å². The van der Waals surface area contributed by atoms with Crippen molar-refractivity contribution in [2.24, 2.45) is 0 Å². The van der Waals surface area contributed by atoms with Gasteiger partial charge in [0, 0.05) is 19.2 Å². The van der Waals surface area contributed by atoms with Gasteiger partial charge in [0.05, 0.1) is 22.0 Å². The standard InChI is InChI=1S/C11H12N2O6S/c14-10-8(2-1-3-9(10)13(16)17)11(15)12-4-6-20(18,19)7-5-12/h1-3,14H,4-7H2. The molecule has 2 rings (SSSR count). The first-order chi connectivity index (χ1) is 9.32. The van der Waals surface area contributed by atoms with Gasteiger partial charge in [-0.25, -0.2) is 8.42 Å². The van der Waals surface area contributed by atoms with Crippen molar-refractivity contribution in [3.63, 3.8) is 0 Å². The molecule has 1 aliphatic rings. The number of nitrogens with zero attached hydrogens (tertiary/aromatic N) is 2. The van der Waals surface area contributed by atoms with Gasteiger partial charge in [-0.1, -0.05) is 6.07 Å². The zero-order chi connectivity index (χ0) is 14.9. The Morgan fingerprint density at radius 1 is 1.30 bits per heavy atom. The molecule has 8 nitrogen and oxygen atoms in total. The number of benzene rings is 1. The Morgan fingerprint density at radius 3 is 2.45 bits per heavy atom. The van der Waals surface area contributed by atoms with Gasteiger partial charge < -0.3 is 10.0 Å². The number of phenols is 1. The number of nitro groups is 1. The number of para-hydroxylation sites is 1. The molecule has 0 aromatic heterocycles. The third-order valence-electron chi connectivity index (χ3n) is 3.07. The molecule has 1 N–H and O–H groups in total. The minimum absolute atomic E-state index is 0.0172. The van der Waals surface area contributed by atoms with Crippen LogP contribution in [0.15, 0.2) is 18.2 Å². The second-order valence-electron chi connectivity index (χ2n) is 4.37. The average molecular weight is 300 g/mol. The van der Waals surface area contributed by atoms with Crippen LogP contribution in [0.1, 0.15) is 10.4 Å². The molecule has 1 aromatic carbocycles. The van der Waals surface area contributed by atoms with Crippen molar-refractivity contribution in [3.8, 4) is 5.75 Å². The van der Waals surface area contributed by atoms with E-state index in [1.54, 1.807) is 0 Å². The van der Waals surface area contributed by atoms with E-state index in [0.29, 0.717) is 0 Å². The first kappa shape index (κ1) is 14.3. The van der Waals surface area contributed by atoms with Crippen molar-refractivity contribution in [1.82, 2.24) is 4.90 Å². The van der Waals surface area contributed by atoms with E-state index in [1.165, 1.54) is 17.0 Å². The number of aromatic hydroxyl groups is 1. The van der Waals surface area contributed by atoms with Crippen molar-refractivity contribution in [2.75, 3.05) is 24.6 Å². The van der Waals surface area contributed by atoms with Crippen LogP contribution in [0, 0.1) is 10.1 Å². The maximum atomic E-state index is 12.2. The minimum atomic E-state index is -3.13. The van der Waals surface area contributed by atoms with E-state index in [2.05, 4.69) is 0 Å². The maximum absolute atomic E-state index is 12.2. The Bertz CT molecular complexity index is 655. The third kappa shape index (κ3) is 2.72. The van der Waals surface area contributed by atoms with Crippen LogP contribution in [0.2, 0.25) is 0 Å². The highest BCUT2D eigenvalue weighted by Gasteiger charge is 2.29. The molecule has 0 radical (unpaired) electrons. The molecule has 0 unspecified atom stereocenters. The smallest absolute Gasteiger partial charge is 0.311 e. The average Bonchev–Trinajstić information content (AvgIpc) is 2.38. The molecule has 1 amide bonds. The Morgan fingerprint density at radius 2 is 1.90 bits per heavy atom. The number of phenolic OH excluding ortho intramolecular Hbond substituents is 1. The summed E-state index contributed by atoms with van der Waals surface area (Å²) in [6, 6.07) is 3.66. The number of amides is 1. The van der Waals surface area contributed by atoms with E-state index in [9.17, 15) is 28.4 Å². The fraction of sp³-hybridized carbons (Fsp3) is 0.364. The largest absolute Gasteiger partial charge is 0.502 e. The lowest BCUT2D eigenvalue weighted by molar-refractivity contribution is -0.385. The van der Waals surface area contributed by atoms with E-state index < -0.39 is 32.1 Å². The molecule has 0 atom stereocenters. The van der Waals surface area contributed by atoms with Crippen LogP contribution in [0.4, 0.5) is 5.69 Å². The molecule has 0 aliphatic carbocycles. The van der Waals surface area contributed by atoms with E-state index in [-0.39, 0.29) is 30.2 Å². The van der Waals surface area contributed by atoms with Gasteiger partial charge in [-0.3, -0.25) is 14.9 Å². The number of carbonyl (C=O) groups excluding carboxylic acids is 1. The van der Waals surface area contributed by atoms with Crippen LogP contribution in [0.3, 0.4) is 0 Å². The summed E-state index contributed by atoms with van der Waals surface area (Å²) in [7, 11) is -3.13.